The van der Waals surface area contributed by atoms with E-state index in [4.69, 9.17) is 36.4 Å². The largest absolute Gasteiger partial charge is 0.564 e. The minimum Gasteiger partial charge on any atom is -0.442 e. The number of carbonyl (C=O) groups excluding carboxylic acids is 1. The average molecular weight is 512 g/mol. The van der Waals surface area contributed by atoms with Crippen LogP contribution in [-0.4, -0.2) is 77.0 Å². The molecule has 2 unspecified atom stereocenters. The van der Waals surface area contributed by atoms with Gasteiger partial charge in [-0.05, 0) is 35.0 Å². The Hall–Kier alpha value is -1.92. The Morgan fingerprint density at radius 3 is 2.69 bits per heavy atom. The van der Waals surface area contributed by atoms with Gasteiger partial charge in [0.2, 0.25) is 0 Å². The van der Waals surface area contributed by atoms with Crippen LogP contribution >= 0.6 is 27.8 Å². The van der Waals surface area contributed by atoms with E-state index < -0.39 is 44.4 Å². The molecule has 1 aromatic carbocycles. The maximum atomic E-state index is 14.6. The van der Waals surface area contributed by atoms with Crippen LogP contribution in [0.3, 0.4) is 0 Å². The number of morpholine rings is 1. The molecule has 16 heteroatoms. The molecule has 3 rings (SSSR count). The molecule has 2 heterocycles. The van der Waals surface area contributed by atoms with Crippen LogP contribution in [0.15, 0.2) is 18.2 Å². The van der Waals surface area contributed by atoms with Crippen molar-refractivity contribution in [2.24, 2.45) is 0 Å². The van der Waals surface area contributed by atoms with Crippen molar-refractivity contribution < 1.29 is 47.2 Å². The molecule has 0 bridgehead atoms. The Kier molecular flexibility index (Phi) is 7.99. The number of halogens is 1. The molecule has 0 spiro atoms. The lowest BCUT2D eigenvalue weighted by molar-refractivity contribution is 0.122. The van der Waals surface area contributed by atoms with Crippen molar-refractivity contribution in [3.05, 3.63) is 24.0 Å². The number of nitrogens with one attached hydrogen (secondary N) is 1. The summed E-state index contributed by atoms with van der Waals surface area (Å²) < 4.78 is 52.0. The third-order valence-corrected chi connectivity index (χ3v) is 7.53. The van der Waals surface area contributed by atoms with Crippen LogP contribution in [0, 0.1) is 5.82 Å². The predicted octanol–water partition coefficient (Wildman–Crippen LogP) is 1.07. The quantitative estimate of drug-likeness (QED) is 0.305. The van der Waals surface area contributed by atoms with E-state index in [9.17, 15) is 18.3 Å². The molecule has 0 radical (unpaired) electrons. The number of hydrogen-bond donors (Lipinski definition) is 4. The zero-order valence-electron chi connectivity index (χ0n) is 16.5. The molecule has 2 aliphatic rings. The molecule has 2 fully saturated rings. The minimum atomic E-state index is -5.04. The molecule has 12 nitrogen and oxygen atoms in total. The number of cyclic esters (lactones) is 1. The summed E-state index contributed by atoms with van der Waals surface area (Å²) in [7, 11) is -8.40. The Labute approximate surface area is 188 Å². The fourth-order valence-electron chi connectivity index (χ4n) is 3.14. The van der Waals surface area contributed by atoms with E-state index in [0.717, 1.165) is 0 Å². The Morgan fingerprint density at radius 2 is 2.09 bits per heavy atom. The highest BCUT2D eigenvalue weighted by atomic mass is 32.1. The zero-order valence-corrected chi connectivity index (χ0v) is 19.1. The lowest BCUT2D eigenvalue weighted by atomic mass is 10.2. The van der Waals surface area contributed by atoms with Crippen LogP contribution in [0.2, 0.25) is 0 Å². The van der Waals surface area contributed by atoms with Gasteiger partial charge in [-0.25, -0.2) is 9.18 Å². The first-order valence-corrected chi connectivity index (χ1v) is 12.7. The smallest absolute Gasteiger partial charge is 0.442 e. The lowest BCUT2D eigenvalue weighted by Crippen LogP contribution is -2.37. The van der Waals surface area contributed by atoms with Gasteiger partial charge in [-0.1, -0.05) is 0 Å². The topological polar surface area (TPSA) is 158 Å². The number of anilines is 2. The predicted molar refractivity (Wildman–Crippen MR) is 114 cm³/mol. The maximum absolute atomic E-state index is 14.6. The van der Waals surface area contributed by atoms with E-state index in [1.807, 2.05) is 4.90 Å². The minimum absolute atomic E-state index is 0.0426. The van der Waals surface area contributed by atoms with Crippen molar-refractivity contribution in [2.45, 2.75) is 11.7 Å². The molecule has 3 atom stereocenters. The molecule has 4 N–H and O–H groups in total. The van der Waals surface area contributed by atoms with E-state index in [2.05, 4.69) is 10.1 Å². The summed E-state index contributed by atoms with van der Waals surface area (Å²) in [5.74, 6) is -0.491. The van der Waals surface area contributed by atoms with Gasteiger partial charge in [0.25, 0.3) is 5.17 Å². The Balaban J connectivity index is 1.57. The number of nitrogens with zero attached hydrogens (tertiary/aromatic N) is 2. The van der Waals surface area contributed by atoms with Gasteiger partial charge in [0.1, 0.15) is 11.9 Å². The normalized spacial score (nSPS) is 20.6. The van der Waals surface area contributed by atoms with Crippen LogP contribution in [0.1, 0.15) is 0 Å². The number of rotatable bonds is 7. The second-order valence-corrected chi connectivity index (χ2v) is 10.4. The second-order valence-electron chi connectivity index (χ2n) is 6.86. The van der Waals surface area contributed by atoms with Crippen molar-refractivity contribution in [1.82, 2.24) is 5.32 Å². The maximum Gasteiger partial charge on any atom is 0.564 e. The van der Waals surface area contributed by atoms with E-state index >= 15 is 0 Å². The number of hydrogen-bond acceptors (Lipinski definition) is 8. The number of thiocarbonyl (C=S) groups is 1. The average Bonchev–Trinajstić information content (AvgIpc) is 3.10. The molecule has 0 saturated carbocycles. The molecular weight excluding hydrogens is 491 g/mol. The summed E-state index contributed by atoms with van der Waals surface area (Å²) in [5, 5.41) is 1.92. The van der Waals surface area contributed by atoms with Crippen LogP contribution in [0.5, 0.6) is 0 Å². The van der Waals surface area contributed by atoms with E-state index in [-0.39, 0.29) is 13.1 Å². The number of ether oxygens (including phenoxy) is 3. The SMILES string of the molecule is O=C1O[C@@H](CNC(=S)OC([P+](=O)O)P(=O)(O)O)CN1c1ccc(N2CCOCC2)c(F)c1. The van der Waals surface area contributed by atoms with E-state index in [0.29, 0.717) is 37.7 Å². The standard InChI is InChI=1S/C16H20FN3O9P2S/c17-12-7-10(1-2-13(12)19-3-5-27-6-4-19)20-9-11(28-15(20)21)8-18-14(32)29-16(30(22)23)31(24,25)26/h1-2,7,11,16H,3-6,8-9H2,(H3-,18,22,23,24,25,26,32)/p+1/t11-,16?/m0/s1. The zero-order chi connectivity index (χ0) is 23.5. The molecule has 176 valence electrons. The Morgan fingerprint density at radius 1 is 1.41 bits per heavy atom. The first-order chi connectivity index (χ1) is 15.1. The van der Waals surface area contributed by atoms with Crippen LogP contribution in [0.25, 0.3) is 0 Å². The highest BCUT2D eigenvalue weighted by Crippen LogP contribution is 2.52. The van der Waals surface area contributed by atoms with Crippen molar-refractivity contribution >= 4 is 50.5 Å². The molecule has 2 saturated heterocycles. The second kappa shape index (κ2) is 10.3. The summed E-state index contributed by atoms with van der Waals surface area (Å²) in [6, 6.07) is 4.41. The molecular formula is C16H21FN3O9P2S+. The monoisotopic (exact) mass is 512 g/mol. The van der Waals surface area contributed by atoms with Crippen molar-refractivity contribution in [2.75, 3.05) is 49.2 Å². The van der Waals surface area contributed by atoms with E-state index in [1.54, 1.807) is 12.1 Å². The van der Waals surface area contributed by atoms with Gasteiger partial charge in [0, 0.05) is 13.1 Å². The third kappa shape index (κ3) is 6.10. The van der Waals surface area contributed by atoms with Gasteiger partial charge >= 0.3 is 27.3 Å². The summed E-state index contributed by atoms with van der Waals surface area (Å²) in [6.07, 6.45) is -1.46. The summed E-state index contributed by atoms with van der Waals surface area (Å²) >= 11 is 4.77. The summed E-state index contributed by atoms with van der Waals surface area (Å²) in [5.41, 5.74) is -1.61. The van der Waals surface area contributed by atoms with Crippen LogP contribution < -0.4 is 15.1 Å². The highest BCUT2D eigenvalue weighted by Gasteiger charge is 2.49. The fraction of sp³-hybridized carbons (Fsp3) is 0.500. The molecule has 32 heavy (non-hydrogen) atoms. The summed E-state index contributed by atoms with van der Waals surface area (Å²) in [4.78, 5) is 42.4. The van der Waals surface area contributed by atoms with Gasteiger partial charge in [0.05, 0.1) is 37.7 Å². The van der Waals surface area contributed by atoms with Gasteiger partial charge < -0.3 is 34.2 Å². The number of carbonyl (C=O) groups is 1. The molecule has 1 amide bonds. The summed E-state index contributed by atoms with van der Waals surface area (Å²) in [6.45, 7) is 2.07. The molecule has 1 aromatic rings. The van der Waals surface area contributed by atoms with Gasteiger partial charge in [-0.2, -0.15) is 4.89 Å². The first kappa shape index (κ1) is 24.7. The number of amides is 1. The highest BCUT2D eigenvalue weighted by molar-refractivity contribution is 7.80. The number of benzene rings is 1. The molecule has 2 aliphatic heterocycles. The van der Waals surface area contributed by atoms with E-state index in [1.165, 1.54) is 11.0 Å². The van der Waals surface area contributed by atoms with Crippen molar-refractivity contribution in [3.8, 4) is 0 Å². The van der Waals surface area contributed by atoms with Crippen molar-refractivity contribution in [3.63, 3.8) is 0 Å². The van der Waals surface area contributed by atoms with Gasteiger partial charge in [-0.15, -0.1) is 0 Å². The first-order valence-electron chi connectivity index (χ1n) is 9.31. The third-order valence-electron chi connectivity index (χ3n) is 4.63. The van der Waals surface area contributed by atoms with Crippen LogP contribution in [0.4, 0.5) is 20.6 Å². The van der Waals surface area contributed by atoms with Gasteiger partial charge in [-0.3, -0.25) is 9.46 Å². The van der Waals surface area contributed by atoms with Crippen LogP contribution in [-0.2, 0) is 23.3 Å². The van der Waals surface area contributed by atoms with Gasteiger partial charge in [0.15, 0.2) is 0 Å². The Bertz CT molecular complexity index is 943. The fourth-order valence-corrected chi connectivity index (χ4v) is 4.93. The van der Waals surface area contributed by atoms with Crippen molar-refractivity contribution in [1.29, 1.82) is 0 Å². The molecule has 0 aromatic heterocycles. The molecule has 0 aliphatic carbocycles. The lowest BCUT2D eigenvalue weighted by Gasteiger charge is -2.29.